The summed E-state index contributed by atoms with van der Waals surface area (Å²) in [5.41, 5.74) is 1.47. The highest BCUT2D eigenvalue weighted by Gasteiger charge is 2.30. The van der Waals surface area contributed by atoms with Gasteiger partial charge in [0.25, 0.3) is 0 Å². The Bertz CT molecular complexity index is 636. The summed E-state index contributed by atoms with van der Waals surface area (Å²) in [4.78, 5) is 27.4. The maximum absolute atomic E-state index is 12.2. The topological polar surface area (TPSA) is 70.1 Å². The SMILES string of the molecule is Cc1c(C(=O)O)cccc1N1CCN(C(=O)OC(C)(C)C)CC1C. The van der Waals surface area contributed by atoms with Crippen molar-refractivity contribution in [2.75, 3.05) is 24.5 Å². The highest BCUT2D eigenvalue weighted by atomic mass is 16.6. The Balaban J connectivity index is 2.13. The lowest BCUT2D eigenvalue weighted by Crippen LogP contribution is -2.54. The maximum Gasteiger partial charge on any atom is 0.410 e. The Morgan fingerprint density at radius 3 is 2.46 bits per heavy atom. The molecule has 0 aromatic heterocycles. The van der Waals surface area contributed by atoms with Crippen molar-refractivity contribution in [3.05, 3.63) is 29.3 Å². The minimum absolute atomic E-state index is 0.0778. The van der Waals surface area contributed by atoms with E-state index in [9.17, 15) is 14.7 Å². The first kappa shape index (κ1) is 18.1. The molecule has 0 radical (unpaired) electrons. The zero-order valence-corrected chi connectivity index (χ0v) is 15.0. The number of ether oxygens (including phenoxy) is 1. The van der Waals surface area contributed by atoms with E-state index in [1.807, 2.05) is 40.7 Å². The molecule has 24 heavy (non-hydrogen) atoms. The van der Waals surface area contributed by atoms with E-state index in [1.165, 1.54) is 0 Å². The third kappa shape index (κ3) is 3.99. The Hall–Kier alpha value is -2.24. The number of anilines is 1. The van der Waals surface area contributed by atoms with Crippen molar-refractivity contribution in [2.45, 2.75) is 46.3 Å². The average Bonchev–Trinajstić information content (AvgIpc) is 2.45. The third-order valence-electron chi connectivity index (χ3n) is 4.12. The summed E-state index contributed by atoms with van der Waals surface area (Å²) in [6.45, 7) is 11.2. The Morgan fingerprint density at radius 2 is 1.92 bits per heavy atom. The smallest absolute Gasteiger partial charge is 0.410 e. The van der Waals surface area contributed by atoms with Gasteiger partial charge in [0.1, 0.15) is 5.60 Å². The first-order valence-electron chi connectivity index (χ1n) is 8.17. The quantitative estimate of drug-likeness (QED) is 0.900. The van der Waals surface area contributed by atoms with Gasteiger partial charge in [-0.15, -0.1) is 0 Å². The van der Waals surface area contributed by atoms with E-state index >= 15 is 0 Å². The van der Waals surface area contributed by atoms with Crippen LogP contribution < -0.4 is 4.90 Å². The molecule has 132 valence electrons. The third-order valence-corrected chi connectivity index (χ3v) is 4.12. The lowest BCUT2D eigenvalue weighted by atomic mass is 10.0. The van der Waals surface area contributed by atoms with Crippen molar-refractivity contribution in [2.24, 2.45) is 0 Å². The Morgan fingerprint density at radius 1 is 1.25 bits per heavy atom. The van der Waals surface area contributed by atoms with Gasteiger partial charge in [0.05, 0.1) is 5.56 Å². The van der Waals surface area contributed by atoms with Gasteiger partial charge < -0.3 is 19.6 Å². The monoisotopic (exact) mass is 334 g/mol. The van der Waals surface area contributed by atoms with Crippen LogP contribution in [0.5, 0.6) is 0 Å². The van der Waals surface area contributed by atoms with E-state index in [4.69, 9.17) is 4.74 Å². The summed E-state index contributed by atoms with van der Waals surface area (Å²) < 4.78 is 5.43. The number of amides is 1. The molecule has 6 heteroatoms. The van der Waals surface area contributed by atoms with E-state index in [0.717, 1.165) is 11.3 Å². The van der Waals surface area contributed by atoms with Crippen molar-refractivity contribution < 1.29 is 19.4 Å². The fraction of sp³-hybridized carbons (Fsp3) is 0.556. The van der Waals surface area contributed by atoms with Gasteiger partial charge >= 0.3 is 12.1 Å². The van der Waals surface area contributed by atoms with Crippen LogP contribution in [0.3, 0.4) is 0 Å². The number of carboxylic acids is 1. The predicted octanol–water partition coefficient (Wildman–Crippen LogP) is 3.14. The summed E-state index contributed by atoms with van der Waals surface area (Å²) in [6, 6.07) is 5.39. The van der Waals surface area contributed by atoms with Crippen LogP contribution in [0.15, 0.2) is 18.2 Å². The largest absolute Gasteiger partial charge is 0.478 e. The molecule has 2 rings (SSSR count). The molecule has 1 aromatic carbocycles. The molecule has 0 saturated carbocycles. The zero-order valence-electron chi connectivity index (χ0n) is 15.0. The van der Waals surface area contributed by atoms with Crippen molar-refractivity contribution in [1.29, 1.82) is 0 Å². The van der Waals surface area contributed by atoms with Crippen LogP contribution in [0, 0.1) is 6.92 Å². The number of aromatic carboxylic acids is 1. The summed E-state index contributed by atoms with van der Waals surface area (Å²) in [5.74, 6) is -0.922. The molecule has 1 unspecified atom stereocenters. The maximum atomic E-state index is 12.2. The van der Waals surface area contributed by atoms with Crippen molar-refractivity contribution in [3.63, 3.8) is 0 Å². The fourth-order valence-electron chi connectivity index (χ4n) is 2.97. The van der Waals surface area contributed by atoms with Gasteiger partial charge in [-0.05, 0) is 52.3 Å². The lowest BCUT2D eigenvalue weighted by Gasteiger charge is -2.42. The molecule has 0 spiro atoms. The second kappa shape index (κ2) is 6.71. The van der Waals surface area contributed by atoms with Gasteiger partial charge in [-0.25, -0.2) is 9.59 Å². The summed E-state index contributed by atoms with van der Waals surface area (Å²) in [7, 11) is 0. The summed E-state index contributed by atoms with van der Waals surface area (Å²) in [6.07, 6.45) is -0.301. The number of piperazine rings is 1. The molecule has 1 saturated heterocycles. The second-order valence-corrected chi connectivity index (χ2v) is 7.22. The minimum atomic E-state index is -0.922. The van der Waals surface area contributed by atoms with Crippen LogP contribution in [-0.4, -0.2) is 53.3 Å². The van der Waals surface area contributed by atoms with Crippen LogP contribution in [-0.2, 0) is 4.74 Å². The number of hydrogen-bond acceptors (Lipinski definition) is 4. The van der Waals surface area contributed by atoms with Gasteiger partial charge in [-0.2, -0.15) is 0 Å². The van der Waals surface area contributed by atoms with Crippen molar-refractivity contribution in [3.8, 4) is 0 Å². The number of carboxylic acid groups (broad SMARTS) is 1. The van der Waals surface area contributed by atoms with Crippen molar-refractivity contribution in [1.82, 2.24) is 4.90 Å². The van der Waals surface area contributed by atoms with Crippen LogP contribution in [0.2, 0.25) is 0 Å². The first-order valence-corrected chi connectivity index (χ1v) is 8.17. The van der Waals surface area contributed by atoms with Gasteiger partial charge in [-0.3, -0.25) is 0 Å². The van der Waals surface area contributed by atoms with E-state index in [-0.39, 0.29) is 12.1 Å². The number of carbonyl (C=O) groups excluding carboxylic acids is 1. The summed E-state index contributed by atoms with van der Waals surface area (Å²) >= 11 is 0. The number of carbonyl (C=O) groups is 2. The number of nitrogens with zero attached hydrogens (tertiary/aromatic N) is 2. The lowest BCUT2D eigenvalue weighted by molar-refractivity contribution is 0.0218. The van der Waals surface area contributed by atoms with Gasteiger partial charge in [-0.1, -0.05) is 6.07 Å². The molecule has 1 fully saturated rings. The predicted molar refractivity (Wildman–Crippen MR) is 92.8 cm³/mol. The van der Waals surface area contributed by atoms with Gasteiger partial charge in [0, 0.05) is 31.4 Å². The molecular formula is C18H26N2O4. The number of benzene rings is 1. The molecule has 0 bridgehead atoms. The molecule has 1 N–H and O–H groups in total. The number of hydrogen-bond donors (Lipinski definition) is 1. The number of rotatable bonds is 2. The molecule has 1 aromatic rings. The highest BCUT2D eigenvalue weighted by Crippen LogP contribution is 2.27. The van der Waals surface area contributed by atoms with Crippen LogP contribution in [0.4, 0.5) is 10.5 Å². The van der Waals surface area contributed by atoms with E-state index in [1.54, 1.807) is 17.0 Å². The molecule has 0 aliphatic carbocycles. The molecule has 1 aliphatic rings. The molecule has 1 atom stereocenters. The average molecular weight is 334 g/mol. The molecule has 1 aliphatic heterocycles. The molecule has 1 amide bonds. The van der Waals surface area contributed by atoms with Crippen molar-refractivity contribution >= 4 is 17.7 Å². The van der Waals surface area contributed by atoms with Gasteiger partial charge in [0.15, 0.2) is 0 Å². The first-order chi connectivity index (χ1) is 11.1. The van der Waals surface area contributed by atoms with E-state index in [2.05, 4.69) is 4.90 Å². The fourth-order valence-corrected chi connectivity index (χ4v) is 2.97. The molecule has 6 nitrogen and oxygen atoms in total. The normalized spacial score (nSPS) is 18.5. The standard InChI is InChI=1S/C18H26N2O4/c1-12-11-19(17(23)24-18(3,4)5)9-10-20(12)15-8-6-7-14(13(15)2)16(21)22/h6-8,12H,9-11H2,1-5H3,(H,21,22). The minimum Gasteiger partial charge on any atom is -0.478 e. The van der Waals surface area contributed by atoms with Crippen LogP contribution in [0.1, 0.15) is 43.6 Å². The highest BCUT2D eigenvalue weighted by molar-refractivity contribution is 5.91. The van der Waals surface area contributed by atoms with E-state index < -0.39 is 11.6 Å². The van der Waals surface area contributed by atoms with Gasteiger partial charge in [0.2, 0.25) is 0 Å². The van der Waals surface area contributed by atoms with Crippen LogP contribution >= 0.6 is 0 Å². The Labute approximate surface area is 143 Å². The van der Waals surface area contributed by atoms with E-state index in [0.29, 0.717) is 25.2 Å². The molecular weight excluding hydrogens is 308 g/mol. The summed E-state index contributed by atoms with van der Waals surface area (Å²) in [5, 5.41) is 9.29. The zero-order chi connectivity index (χ0) is 18.1. The second-order valence-electron chi connectivity index (χ2n) is 7.22. The van der Waals surface area contributed by atoms with Crippen LogP contribution in [0.25, 0.3) is 0 Å². The Kier molecular flexibility index (Phi) is 5.06. The molecule has 1 heterocycles.